The second-order valence-corrected chi connectivity index (χ2v) is 6.87. The highest BCUT2D eigenvalue weighted by molar-refractivity contribution is 6.15. The number of amides is 1. The quantitative estimate of drug-likeness (QED) is 0.466. The number of ether oxygens (including phenoxy) is 1. The summed E-state index contributed by atoms with van der Waals surface area (Å²) in [6.45, 7) is 0.246. The molecule has 0 fully saturated rings. The molecule has 0 bridgehead atoms. The molecular formula is C25H21N3O3. The topological polar surface area (TPSA) is 73.2 Å². The van der Waals surface area contributed by atoms with Crippen molar-refractivity contribution in [2.24, 2.45) is 0 Å². The monoisotopic (exact) mass is 411 g/mol. The van der Waals surface area contributed by atoms with E-state index in [9.17, 15) is 9.59 Å². The van der Waals surface area contributed by atoms with Crippen LogP contribution in [-0.4, -0.2) is 28.6 Å². The van der Waals surface area contributed by atoms with Gasteiger partial charge in [0.2, 0.25) is 0 Å². The molecule has 6 nitrogen and oxygen atoms in total. The molecule has 0 aliphatic heterocycles. The molecule has 0 saturated carbocycles. The molecule has 1 amide bonds. The molecule has 6 heteroatoms. The Balaban J connectivity index is 1.46. The summed E-state index contributed by atoms with van der Waals surface area (Å²) in [4.78, 5) is 25.7. The molecule has 0 aliphatic carbocycles. The lowest BCUT2D eigenvalue weighted by Gasteiger charge is -2.09. The van der Waals surface area contributed by atoms with Gasteiger partial charge in [0.1, 0.15) is 5.75 Å². The average Bonchev–Trinajstić information content (AvgIpc) is 3.32. The molecule has 0 radical (unpaired) electrons. The van der Waals surface area contributed by atoms with Gasteiger partial charge in [0, 0.05) is 17.3 Å². The van der Waals surface area contributed by atoms with E-state index >= 15 is 0 Å². The molecule has 3 aromatic carbocycles. The molecule has 0 aliphatic rings. The Morgan fingerprint density at radius 3 is 2.26 bits per heavy atom. The third-order valence-electron chi connectivity index (χ3n) is 4.86. The van der Waals surface area contributed by atoms with Crippen molar-refractivity contribution >= 4 is 11.7 Å². The van der Waals surface area contributed by atoms with Crippen molar-refractivity contribution in [2.75, 3.05) is 7.11 Å². The van der Waals surface area contributed by atoms with Crippen molar-refractivity contribution in [3.63, 3.8) is 0 Å². The molecule has 0 atom stereocenters. The smallest absolute Gasteiger partial charge is 0.252 e. The Hall–Kier alpha value is -4.19. The molecule has 1 heterocycles. The van der Waals surface area contributed by atoms with E-state index in [1.807, 2.05) is 42.6 Å². The predicted molar refractivity (Wildman–Crippen MR) is 118 cm³/mol. The van der Waals surface area contributed by atoms with Crippen molar-refractivity contribution in [3.05, 3.63) is 114 Å². The van der Waals surface area contributed by atoms with E-state index in [1.165, 1.54) is 0 Å². The first-order valence-corrected chi connectivity index (χ1v) is 9.81. The number of benzene rings is 3. The Morgan fingerprint density at radius 2 is 1.55 bits per heavy atom. The first-order chi connectivity index (χ1) is 15.2. The highest BCUT2D eigenvalue weighted by Gasteiger charge is 2.18. The van der Waals surface area contributed by atoms with Crippen LogP contribution in [0, 0.1) is 0 Å². The Kier molecular flexibility index (Phi) is 5.89. The lowest BCUT2D eigenvalue weighted by Crippen LogP contribution is -2.25. The van der Waals surface area contributed by atoms with Crippen molar-refractivity contribution in [3.8, 4) is 11.4 Å². The maximum Gasteiger partial charge on any atom is 0.252 e. The number of ketones is 1. The SMILES string of the molecule is COc1ccc(-n2ccc(CNC(=O)c3ccccc3C(=O)c3ccccc3)n2)cc1. The van der Waals surface area contributed by atoms with Gasteiger partial charge in [-0.2, -0.15) is 5.10 Å². The van der Waals surface area contributed by atoms with E-state index in [-0.39, 0.29) is 18.2 Å². The zero-order valence-electron chi connectivity index (χ0n) is 17.0. The van der Waals surface area contributed by atoms with Crippen LogP contribution in [0.2, 0.25) is 0 Å². The molecule has 1 aromatic heterocycles. The van der Waals surface area contributed by atoms with Gasteiger partial charge in [-0.05, 0) is 36.4 Å². The lowest BCUT2D eigenvalue weighted by atomic mass is 9.98. The van der Waals surface area contributed by atoms with Crippen LogP contribution in [0.15, 0.2) is 91.1 Å². The minimum absolute atomic E-state index is 0.185. The first kappa shape index (κ1) is 20.1. The van der Waals surface area contributed by atoms with E-state index in [0.717, 1.165) is 11.4 Å². The van der Waals surface area contributed by atoms with Crippen molar-refractivity contribution < 1.29 is 14.3 Å². The number of hydrogen-bond donors (Lipinski definition) is 1. The molecule has 31 heavy (non-hydrogen) atoms. The zero-order chi connectivity index (χ0) is 21.6. The van der Waals surface area contributed by atoms with Crippen LogP contribution in [0.1, 0.15) is 32.0 Å². The van der Waals surface area contributed by atoms with Gasteiger partial charge in [0.05, 0.1) is 30.6 Å². The first-order valence-electron chi connectivity index (χ1n) is 9.81. The Labute approximate surface area is 180 Å². The number of nitrogens with zero attached hydrogens (tertiary/aromatic N) is 2. The molecule has 4 aromatic rings. The third-order valence-corrected chi connectivity index (χ3v) is 4.86. The number of aromatic nitrogens is 2. The van der Waals surface area contributed by atoms with E-state index < -0.39 is 0 Å². The van der Waals surface area contributed by atoms with E-state index in [0.29, 0.717) is 22.4 Å². The van der Waals surface area contributed by atoms with Crippen molar-refractivity contribution in [2.45, 2.75) is 6.54 Å². The minimum Gasteiger partial charge on any atom is -0.497 e. The number of carbonyl (C=O) groups is 2. The molecule has 4 rings (SSSR count). The number of hydrogen-bond acceptors (Lipinski definition) is 4. The van der Waals surface area contributed by atoms with Gasteiger partial charge in [0.15, 0.2) is 5.78 Å². The van der Waals surface area contributed by atoms with Crippen LogP contribution in [0.5, 0.6) is 5.75 Å². The number of carbonyl (C=O) groups excluding carboxylic acids is 2. The molecule has 1 N–H and O–H groups in total. The van der Waals surface area contributed by atoms with Crippen LogP contribution in [-0.2, 0) is 6.54 Å². The molecule has 0 unspecified atom stereocenters. The average molecular weight is 411 g/mol. The second kappa shape index (κ2) is 9.09. The maximum atomic E-state index is 12.8. The van der Waals surface area contributed by atoms with Gasteiger partial charge in [-0.3, -0.25) is 9.59 Å². The van der Waals surface area contributed by atoms with Gasteiger partial charge in [-0.25, -0.2) is 4.68 Å². The van der Waals surface area contributed by atoms with Gasteiger partial charge < -0.3 is 10.1 Å². The Bertz CT molecular complexity index is 1200. The maximum absolute atomic E-state index is 12.8. The molecule has 0 saturated heterocycles. The number of methoxy groups -OCH3 is 1. The fraction of sp³-hybridized carbons (Fsp3) is 0.0800. The zero-order valence-corrected chi connectivity index (χ0v) is 17.0. The summed E-state index contributed by atoms with van der Waals surface area (Å²) < 4.78 is 6.90. The van der Waals surface area contributed by atoms with E-state index in [4.69, 9.17) is 4.74 Å². The molecule has 0 spiro atoms. The summed E-state index contributed by atoms with van der Waals surface area (Å²) in [5.41, 5.74) is 2.84. The highest BCUT2D eigenvalue weighted by Crippen LogP contribution is 2.16. The van der Waals surface area contributed by atoms with Crippen molar-refractivity contribution in [1.82, 2.24) is 15.1 Å². The highest BCUT2D eigenvalue weighted by atomic mass is 16.5. The minimum atomic E-state index is -0.320. The van der Waals surface area contributed by atoms with Gasteiger partial charge in [-0.1, -0.05) is 48.5 Å². The summed E-state index contributed by atoms with van der Waals surface area (Å²) in [5, 5.41) is 7.36. The number of rotatable bonds is 7. The molecule has 154 valence electrons. The van der Waals surface area contributed by atoms with Gasteiger partial charge >= 0.3 is 0 Å². The van der Waals surface area contributed by atoms with E-state index in [2.05, 4.69) is 10.4 Å². The van der Waals surface area contributed by atoms with Gasteiger partial charge in [0.25, 0.3) is 5.91 Å². The van der Waals surface area contributed by atoms with Crippen molar-refractivity contribution in [1.29, 1.82) is 0 Å². The molecular weight excluding hydrogens is 390 g/mol. The third kappa shape index (κ3) is 4.53. The predicted octanol–water partition coefficient (Wildman–Crippen LogP) is 4.04. The summed E-state index contributed by atoms with van der Waals surface area (Å²) >= 11 is 0. The van der Waals surface area contributed by atoms with Gasteiger partial charge in [-0.15, -0.1) is 0 Å². The summed E-state index contributed by atoms with van der Waals surface area (Å²) in [7, 11) is 1.62. The van der Waals surface area contributed by atoms with Crippen LogP contribution in [0.25, 0.3) is 5.69 Å². The second-order valence-electron chi connectivity index (χ2n) is 6.87. The van der Waals surface area contributed by atoms with Crippen LogP contribution >= 0.6 is 0 Å². The standard InChI is InChI=1S/C25H21N3O3/c1-31-21-13-11-20(12-14-21)28-16-15-19(27-28)17-26-25(30)23-10-6-5-9-22(23)24(29)18-7-3-2-4-8-18/h2-16H,17H2,1H3,(H,26,30). The number of nitrogens with one attached hydrogen (secondary N) is 1. The lowest BCUT2D eigenvalue weighted by molar-refractivity contribution is 0.0939. The summed E-state index contributed by atoms with van der Waals surface area (Å²) in [6.07, 6.45) is 1.83. The van der Waals surface area contributed by atoms with Crippen LogP contribution in [0.3, 0.4) is 0 Å². The summed E-state index contributed by atoms with van der Waals surface area (Å²) in [5.74, 6) is 0.265. The Morgan fingerprint density at radius 1 is 0.871 bits per heavy atom. The normalized spacial score (nSPS) is 10.5. The van der Waals surface area contributed by atoms with E-state index in [1.54, 1.807) is 60.3 Å². The fourth-order valence-corrected chi connectivity index (χ4v) is 3.22. The fourth-order valence-electron chi connectivity index (χ4n) is 3.22. The summed E-state index contributed by atoms with van der Waals surface area (Å²) in [6, 6.07) is 25.1. The largest absolute Gasteiger partial charge is 0.497 e. The van der Waals surface area contributed by atoms with Crippen LogP contribution < -0.4 is 10.1 Å². The van der Waals surface area contributed by atoms with Crippen LogP contribution in [0.4, 0.5) is 0 Å².